The first kappa shape index (κ1) is 14.4. The summed E-state index contributed by atoms with van der Waals surface area (Å²) in [6.45, 7) is 4.30. The molecule has 6 nitrogen and oxygen atoms in total. The van der Waals surface area contributed by atoms with Crippen molar-refractivity contribution in [2.24, 2.45) is 5.92 Å². The minimum atomic E-state index is 0.234. The fraction of sp³-hybridized carbons (Fsp3) is 0.800. The normalized spacial score (nSPS) is 25.9. The number of nitrogens with zero attached hydrogens (tertiary/aromatic N) is 4. The molecule has 0 bridgehead atoms. The quantitative estimate of drug-likeness (QED) is 0.919. The number of anilines is 2. The molecule has 1 N–H and O–H groups in total. The number of aromatic nitrogens is 3. The highest BCUT2D eigenvalue weighted by molar-refractivity contribution is 5.38. The van der Waals surface area contributed by atoms with Crippen LogP contribution in [0.4, 0.5) is 11.9 Å². The van der Waals surface area contributed by atoms with Crippen LogP contribution in [0.5, 0.6) is 6.01 Å². The van der Waals surface area contributed by atoms with E-state index in [4.69, 9.17) is 4.74 Å². The fourth-order valence-corrected chi connectivity index (χ4v) is 3.16. The topological polar surface area (TPSA) is 63.2 Å². The SMILES string of the molecule is CNc1nc(OC2CCCCC2C)nc(N2CCCC2)n1. The zero-order valence-electron chi connectivity index (χ0n) is 13.0. The van der Waals surface area contributed by atoms with Crippen molar-refractivity contribution in [1.82, 2.24) is 15.0 Å². The van der Waals surface area contributed by atoms with E-state index in [0.717, 1.165) is 25.5 Å². The first-order valence-corrected chi connectivity index (χ1v) is 8.11. The van der Waals surface area contributed by atoms with Crippen LogP contribution in [0.15, 0.2) is 0 Å². The Kier molecular flexibility index (Phi) is 4.41. The molecule has 2 fully saturated rings. The Hall–Kier alpha value is -1.59. The molecule has 1 saturated carbocycles. The van der Waals surface area contributed by atoms with Gasteiger partial charge in [-0.2, -0.15) is 15.0 Å². The van der Waals surface area contributed by atoms with E-state index in [9.17, 15) is 0 Å². The van der Waals surface area contributed by atoms with Crippen LogP contribution in [0.25, 0.3) is 0 Å². The standard InChI is InChI=1S/C15H25N5O/c1-11-7-3-4-8-12(11)21-15-18-13(16-2)17-14(19-15)20-9-5-6-10-20/h11-12H,3-10H2,1-2H3,(H,16,17,18,19). The van der Waals surface area contributed by atoms with E-state index in [-0.39, 0.29) is 6.10 Å². The lowest BCUT2D eigenvalue weighted by Gasteiger charge is -2.28. The first-order chi connectivity index (χ1) is 10.3. The van der Waals surface area contributed by atoms with E-state index in [2.05, 4.69) is 32.1 Å². The average Bonchev–Trinajstić information content (AvgIpc) is 3.04. The van der Waals surface area contributed by atoms with Crippen LogP contribution in [0.2, 0.25) is 0 Å². The van der Waals surface area contributed by atoms with E-state index >= 15 is 0 Å². The Morgan fingerprint density at radius 1 is 1.05 bits per heavy atom. The predicted molar refractivity (Wildman–Crippen MR) is 82.9 cm³/mol. The molecule has 1 aliphatic heterocycles. The summed E-state index contributed by atoms with van der Waals surface area (Å²) < 4.78 is 6.08. The summed E-state index contributed by atoms with van der Waals surface area (Å²) in [5, 5.41) is 3.01. The van der Waals surface area contributed by atoms with Gasteiger partial charge >= 0.3 is 6.01 Å². The summed E-state index contributed by atoms with van der Waals surface area (Å²) in [5.74, 6) is 1.90. The van der Waals surface area contributed by atoms with Gasteiger partial charge in [0.15, 0.2) is 0 Å². The van der Waals surface area contributed by atoms with Crippen LogP contribution in [0.1, 0.15) is 45.4 Å². The molecule has 21 heavy (non-hydrogen) atoms. The van der Waals surface area contributed by atoms with Crippen molar-refractivity contribution in [3.63, 3.8) is 0 Å². The zero-order valence-corrected chi connectivity index (χ0v) is 13.0. The van der Waals surface area contributed by atoms with Gasteiger partial charge in [-0.3, -0.25) is 0 Å². The van der Waals surface area contributed by atoms with Crippen molar-refractivity contribution in [2.75, 3.05) is 30.4 Å². The lowest BCUT2D eigenvalue weighted by molar-refractivity contribution is 0.0923. The molecule has 116 valence electrons. The Labute approximate surface area is 126 Å². The fourth-order valence-electron chi connectivity index (χ4n) is 3.16. The van der Waals surface area contributed by atoms with Crippen molar-refractivity contribution < 1.29 is 4.74 Å². The summed E-state index contributed by atoms with van der Waals surface area (Å²) in [7, 11) is 1.83. The van der Waals surface area contributed by atoms with Crippen LogP contribution >= 0.6 is 0 Å². The molecule has 3 rings (SSSR count). The van der Waals surface area contributed by atoms with Crippen molar-refractivity contribution in [3.8, 4) is 6.01 Å². The van der Waals surface area contributed by atoms with Crippen LogP contribution < -0.4 is 15.0 Å². The third-order valence-electron chi connectivity index (χ3n) is 4.51. The van der Waals surface area contributed by atoms with E-state index in [0.29, 0.717) is 17.9 Å². The summed E-state index contributed by atoms with van der Waals surface area (Å²) in [6, 6.07) is 0.468. The molecule has 2 unspecified atom stereocenters. The molecule has 2 atom stereocenters. The number of nitrogens with one attached hydrogen (secondary N) is 1. The summed E-state index contributed by atoms with van der Waals surface area (Å²) in [4.78, 5) is 15.6. The lowest BCUT2D eigenvalue weighted by Crippen LogP contribution is -2.29. The third-order valence-corrected chi connectivity index (χ3v) is 4.51. The maximum absolute atomic E-state index is 6.08. The van der Waals surface area contributed by atoms with E-state index in [1.807, 2.05) is 7.05 Å². The van der Waals surface area contributed by atoms with Crippen LogP contribution in [0, 0.1) is 5.92 Å². The molecular formula is C15H25N5O. The van der Waals surface area contributed by atoms with E-state index in [1.165, 1.54) is 32.1 Å². The molecule has 0 aromatic carbocycles. The molecule has 1 aromatic heterocycles. The molecular weight excluding hydrogens is 266 g/mol. The molecule has 6 heteroatoms. The number of ether oxygens (including phenoxy) is 1. The van der Waals surface area contributed by atoms with E-state index < -0.39 is 0 Å². The second kappa shape index (κ2) is 6.45. The monoisotopic (exact) mass is 291 g/mol. The molecule has 2 aliphatic rings. The number of rotatable bonds is 4. The van der Waals surface area contributed by atoms with Gasteiger partial charge in [0.2, 0.25) is 11.9 Å². The van der Waals surface area contributed by atoms with Gasteiger partial charge in [-0.05, 0) is 38.0 Å². The van der Waals surface area contributed by atoms with Crippen molar-refractivity contribution in [3.05, 3.63) is 0 Å². The van der Waals surface area contributed by atoms with Gasteiger partial charge in [-0.25, -0.2) is 0 Å². The summed E-state index contributed by atoms with van der Waals surface area (Å²) in [5.41, 5.74) is 0. The highest BCUT2D eigenvalue weighted by Gasteiger charge is 2.25. The molecule has 1 saturated heterocycles. The van der Waals surface area contributed by atoms with Gasteiger partial charge < -0.3 is 15.0 Å². The van der Waals surface area contributed by atoms with Crippen molar-refractivity contribution in [1.29, 1.82) is 0 Å². The average molecular weight is 291 g/mol. The van der Waals surface area contributed by atoms with Crippen LogP contribution in [-0.4, -0.2) is 41.2 Å². The molecule has 1 aliphatic carbocycles. The summed E-state index contributed by atoms with van der Waals surface area (Å²) >= 11 is 0. The van der Waals surface area contributed by atoms with Crippen molar-refractivity contribution in [2.45, 2.75) is 51.6 Å². The molecule has 2 heterocycles. The minimum absolute atomic E-state index is 0.234. The Balaban J connectivity index is 1.78. The first-order valence-electron chi connectivity index (χ1n) is 8.11. The van der Waals surface area contributed by atoms with Crippen LogP contribution in [0.3, 0.4) is 0 Å². The zero-order chi connectivity index (χ0) is 14.7. The molecule has 1 aromatic rings. The number of hydrogen-bond donors (Lipinski definition) is 1. The van der Waals surface area contributed by atoms with E-state index in [1.54, 1.807) is 0 Å². The molecule has 0 spiro atoms. The largest absolute Gasteiger partial charge is 0.460 e. The Bertz CT molecular complexity index is 475. The predicted octanol–water partition coefficient (Wildman–Crippen LogP) is 2.47. The third kappa shape index (κ3) is 3.36. The maximum atomic E-state index is 6.08. The molecule has 0 radical (unpaired) electrons. The van der Waals surface area contributed by atoms with Crippen molar-refractivity contribution >= 4 is 11.9 Å². The smallest absolute Gasteiger partial charge is 0.323 e. The van der Waals surface area contributed by atoms with Crippen LogP contribution in [-0.2, 0) is 0 Å². The van der Waals surface area contributed by atoms with Gasteiger partial charge in [-0.1, -0.05) is 13.3 Å². The van der Waals surface area contributed by atoms with Gasteiger partial charge in [0.1, 0.15) is 6.10 Å². The number of hydrogen-bond acceptors (Lipinski definition) is 6. The Morgan fingerprint density at radius 2 is 1.81 bits per heavy atom. The van der Waals surface area contributed by atoms with Gasteiger partial charge in [-0.15, -0.1) is 0 Å². The highest BCUT2D eigenvalue weighted by Crippen LogP contribution is 2.28. The summed E-state index contributed by atoms with van der Waals surface area (Å²) in [6.07, 6.45) is 7.51. The van der Waals surface area contributed by atoms with Gasteiger partial charge in [0.25, 0.3) is 0 Å². The van der Waals surface area contributed by atoms with Gasteiger partial charge in [0, 0.05) is 20.1 Å². The van der Waals surface area contributed by atoms with Gasteiger partial charge in [0.05, 0.1) is 0 Å². The maximum Gasteiger partial charge on any atom is 0.323 e. The second-order valence-electron chi connectivity index (χ2n) is 6.10. The second-order valence-corrected chi connectivity index (χ2v) is 6.10. The Morgan fingerprint density at radius 3 is 2.52 bits per heavy atom. The minimum Gasteiger partial charge on any atom is -0.460 e. The molecule has 0 amide bonds. The lowest BCUT2D eigenvalue weighted by atomic mass is 9.88. The highest BCUT2D eigenvalue weighted by atomic mass is 16.5.